The Kier molecular flexibility index (Phi) is 4.01. The van der Waals surface area contributed by atoms with Crippen molar-refractivity contribution in [3.63, 3.8) is 0 Å². The van der Waals surface area contributed by atoms with E-state index >= 15 is 0 Å². The van der Waals surface area contributed by atoms with Crippen LogP contribution in [0.2, 0.25) is 0 Å². The third-order valence-corrected chi connectivity index (χ3v) is 8.43. The van der Waals surface area contributed by atoms with Crippen molar-refractivity contribution in [2.24, 2.45) is 22.7 Å². The van der Waals surface area contributed by atoms with Crippen LogP contribution in [0, 0.1) is 22.7 Å². The monoisotopic (exact) mass is 378 g/mol. The summed E-state index contributed by atoms with van der Waals surface area (Å²) in [7, 11) is 1.75. The second kappa shape index (κ2) is 6.23. The van der Waals surface area contributed by atoms with Crippen LogP contribution in [0.3, 0.4) is 0 Å². The van der Waals surface area contributed by atoms with Crippen LogP contribution in [0.1, 0.15) is 63.0 Å². The van der Waals surface area contributed by atoms with Gasteiger partial charge < -0.3 is 9.47 Å². The molecule has 1 saturated carbocycles. The first kappa shape index (κ1) is 18.0. The van der Waals surface area contributed by atoms with Crippen LogP contribution < -0.4 is 4.74 Å². The van der Waals surface area contributed by atoms with Gasteiger partial charge in [0.25, 0.3) is 0 Å². The van der Waals surface area contributed by atoms with E-state index in [2.05, 4.69) is 43.4 Å². The highest BCUT2D eigenvalue weighted by atomic mass is 16.5. The van der Waals surface area contributed by atoms with E-state index in [4.69, 9.17) is 9.47 Å². The number of rotatable bonds is 2. The molecule has 0 aromatic heterocycles. The fourth-order valence-electron chi connectivity index (χ4n) is 7.26. The molecule has 4 aliphatic rings. The molecule has 1 spiro atoms. The van der Waals surface area contributed by atoms with Gasteiger partial charge in [0, 0.05) is 12.3 Å². The maximum atomic E-state index is 11.8. The van der Waals surface area contributed by atoms with E-state index in [9.17, 15) is 4.79 Å². The molecule has 3 heteroatoms. The van der Waals surface area contributed by atoms with E-state index in [1.165, 1.54) is 24.5 Å². The van der Waals surface area contributed by atoms with Gasteiger partial charge in [0.1, 0.15) is 11.5 Å². The van der Waals surface area contributed by atoms with Crippen LogP contribution in [-0.2, 0) is 16.0 Å². The van der Waals surface area contributed by atoms with Crippen LogP contribution in [0.25, 0.3) is 0 Å². The lowest BCUT2D eigenvalue weighted by Crippen LogP contribution is -2.54. The molecule has 1 aromatic carbocycles. The molecule has 1 fully saturated rings. The first-order valence-corrected chi connectivity index (χ1v) is 10.7. The van der Waals surface area contributed by atoms with E-state index in [1.54, 1.807) is 7.11 Å². The molecule has 0 saturated heterocycles. The molecule has 0 heterocycles. The zero-order valence-corrected chi connectivity index (χ0v) is 17.2. The molecule has 0 aliphatic heterocycles. The highest BCUT2D eigenvalue weighted by Crippen LogP contribution is 2.72. The Balaban J connectivity index is 1.59. The Morgan fingerprint density at radius 2 is 2.07 bits per heavy atom. The Morgan fingerprint density at radius 1 is 1.21 bits per heavy atom. The van der Waals surface area contributed by atoms with Crippen molar-refractivity contribution >= 4 is 5.97 Å². The van der Waals surface area contributed by atoms with Gasteiger partial charge in [-0.15, -0.1) is 0 Å². The summed E-state index contributed by atoms with van der Waals surface area (Å²) in [6.07, 6.45) is 13.8. The predicted molar refractivity (Wildman–Crippen MR) is 109 cm³/mol. The van der Waals surface area contributed by atoms with Crippen LogP contribution in [-0.4, -0.2) is 13.1 Å². The topological polar surface area (TPSA) is 35.5 Å². The van der Waals surface area contributed by atoms with Gasteiger partial charge >= 0.3 is 5.97 Å². The Hall–Kier alpha value is -2.03. The fourth-order valence-corrected chi connectivity index (χ4v) is 7.26. The number of aryl methyl sites for hydroxylation is 1. The maximum Gasteiger partial charge on any atom is 0.307 e. The molecule has 0 amide bonds. The summed E-state index contributed by atoms with van der Waals surface area (Å²) in [6.45, 7) is 3.91. The van der Waals surface area contributed by atoms with Crippen molar-refractivity contribution in [2.75, 3.05) is 7.11 Å². The smallest absolute Gasteiger partial charge is 0.307 e. The largest absolute Gasteiger partial charge is 0.497 e. The SMILES string of the molecule is COc1ccc2c(c1)CC[C@@H]1[C@@H]2CC[C@]2(C)C(OC(C)=O)=C[C@H]3CC=CC[C@]132. The zero-order valence-electron chi connectivity index (χ0n) is 17.2. The number of ether oxygens (including phenoxy) is 2. The van der Waals surface area contributed by atoms with Crippen molar-refractivity contribution in [3.05, 3.63) is 53.3 Å². The molecule has 0 unspecified atom stereocenters. The molecule has 0 radical (unpaired) electrons. The minimum absolute atomic E-state index is 0.0424. The summed E-state index contributed by atoms with van der Waals surface area (Å²) in [6, 6.07) is 6.68. The van der Waals surface area contributed by atoms with E-state index in [0.717, 1.165) is 43.6 Å². The Morgan fingerprint density at radius 3 is 2.86 bits per heavy atom. The summed E-state index contributed by atoms with van der Waals surface area (Å²) in [4.78, 5) is 11.8. The lowest BCUT2D eigenvalue weighted by atomic mass is 9.43. The second-order valence-electron chi connectivity index (χ2n) is 9.37. The molecule has 1 aromatic rings. The molecule has 0 N–H and O–H groups in total. The third kappa shape index (κ3) is 2.25. The molecule has 28 heavy (non-hydrogen) atoms. The fraction of sp³-hybridized carbons (Fsp3) is 0.560. The zero-order chi connectivity index (χ0) is 19.5. The minimum atomic E-state index is -0.183. The Labute approximate surface area is 167 Å². The highest BCUT2D eigenvalue weighted by molar-refractivity contribution is 5.68. The molecule has 4 aliphatic carbocycles. The van der Waals surface area contributed by atoms with Crippen LogP contribution >= 0.6 is 0 Å². The summed E-state index contributed by atoms with van der Waals surface area (Å²) < 4.78 is 11.3. The quantitative estimate of drug-likeness (QED) is 0.500. The van der Waals surface area contributed by atoms with Gasteiger partial charge in [0.15, 0.2) is 0 Å². The van der Waals surface area contributed by atoms with E-state index in [1.807, 2.05) is 0 Å². The van der Waals surface area contributed by atoms with Crippen molar-refractivity contribution in [1.29, 1.82) is 0 Å². The predicted octanol–water partition coefficient (Wildman–Crippen LogP) is 5.55. The van der Waals surface area contributed by atoms with Crippen LogP contribution in [0.4, 0.5) is 0 Å². The van der Waals surface area contributed by atoms with E-state index in [0.29, 0.717) is 17.8 Å². The lowest BCUT2D eigenvalue weighted by molar-refractivity contribution is -0.143. The third-order valence-electron chi connectivity index (χ3n) is 8.43. The minimum Gasteiger partial charge on any atom is -0.497 e. The van der Waals surface area contributed by atoms with Crippen molar-refractivity contribution in [2.45, 2.75) is 58.3 Å². The van der Waals surface area contributed by atoms with Crippen molar-refractivity contribution < 1.29 is 14.3 Å². The summed E-state index contributed by atoms with van der Waals surface area (Å²) in [5.74, 6) is 3.44. The lowest BCUT2D eigenvalue weighted by Gasteiger charge is -2.60. The number of hydrogen-bond donors (Lipinski definition) is 0. The summed E-state index contributed by atoms with van der Waals surface area (Å²) in [5.41, 5.74) is 3.13. The molecular formula is C25H30O3. The molecule has 3 nitrogen and oxygen atoms in total. The first-order chi connectivity index (χ1) is 13.5. The number of benzene rings is 1. The molecular weight excluding hydrogens is 348 g/mol. The van der Waals surface area contributed by atoms with Gasteiger partial charge in [-0.3, -0.25) is 4.79 Å². The number of allylic oxidation sites excluding steroid dienone is 4. The van der Waals surface area contributed by atoms with Gasteiger partial charge in [0.05, 0.1) is 7.11 Å². The number of fused-ring (bicyclic) bond motifs is 3. The average Bonchev–Trinajstić information content (AvgIpc) is 2.95. The van der Waals surface area contributed by atoms with Crippen LogP contribution in [0.5, 0.6) is 5.75 Å². The van der Waals surface area contributed by atoms with E-state index < -0.39 is 0 Å². The number of methoxy groups -OCH3 is 1. The van der Waals surface area contributed by atoms with E-state index in [-0.39, 0.29) is 16.8 Å². The van der Waals surface area contributed by atoms with Gasteiger partial charge in [-0.05, 0) is 91.0 Å². The molecule has 148 valence electrons. The first-order valence-electron chi connectivity index (χ1n) is 10.7. The van der Waals surface area contributed by atoms with Crippen molar-refractivity contribution in [1.82, 2.24) is 0 Å². The molecule has 5 atom stereocenters. The maximum absolute atomic E-state index is 11.8. The van der Waals surface area contributed by atoms with Gasteiger partial charge in [-0.1, -0.05) is 25.1 Å². The number of carbonyl (C=O) groups is 1. The van der Waals surface area contributed by atoms with Gasteiger partial charge in [0.2, 0.25) is 0 Å². The number of hydrogen-bond acceptors (Lipinski definition) is 3. The van der Waals surface area contributed by atoms with Crippen LogP contribution in [0.15, 0.2) is 42.2 Å². The average molecular weight is 379 g/mol. The summed E-state index contributed by atoms with van der Waals surface area (Å²) in [5, 5.41) is 0. The molecule has 0 bridgehead atoms. The van der Waals surface area contributed by atoms with Crippen molar-refractivity contribution in [3.8, 4) is 5.75 Å². The molecule has 5 rings (SSSR count). The Bertz CT molecular complexity index is 882. The van der Waals surface area contributed by atoms with Gasteiger partial charge in [-0.2, -0.15) is 0 Å². The van der Waals surface area contributed by atoms with Gasteiger partial charge in [-0.25, -0.2) is 0 Å². The second-order valence-corrected chi connectivity index (χ2v) is 9.37. The number of esters is 1. The number of carbonyl (C=O) groups excluding carboxylic acids is 1. The standard InChI is InChI=1S/C25H30O3/c1-16(26)28-23-15-18-6-4-5-12-25(18)22-10-7-17-14-19(27-3)8-9-20(17)21(22)11-13-24(23,25)2/h4-5,8-9,14-15,18,21-22H,6-7,10-13H2,1-3H3/t18-,21-,22-,24-,25-/m1/s1. The summed E-state index contributed by atoms with van der Waals surface area (Å²) >= 11 is 0. The highest BCUT2D eigenvalue weighted by Gasteiger charge is 2.66. The normalized spacial score (nSPS) is 37.8.